The number of halogens is 1. The van der Waals surface area contributed by atoms with Crippen molar-refractivity contribution in [1.82, 2.24) is 10.1 Å². The number of benzene rings is 1. The van der Waals surface area contributed by atoms with Crippen LogP contribution in [0.15, 0.2) is 52.6 Å². The molecule has 0 saturated carbocycles. The fourth-order valence-electron chi connectivity index (χ4n) is 3.33. The Kier molecular flexibility index (Phi) is 4.59. The largest absolute Gasteiger partial charge is 0.365 e. The third kappa shape index (κ3) is 3.34. The zero-order valence-electron chi connectivity index (χ0n) is 13.5. The molecule has 0 aliphatic carbocycles. The zero-order chi connectivity index (χ0) is 17.2. The van der Waals surface area contributed by atoms with Crippen molar-refractivity contribution >= 4 is 28.8 Å². The summed E-state index contributed by atoms with van der Waals surface area (Å²) < 4.78 is 4.84. The second-order valence-corrected chi connectivity index (χ2v) is 7.52. The summed E-state index contributed by atoms with van der Waals surface area (Å²) in [6.45, 7) is 0.735. The molecule has 0 saturated heterocycles. The minimum absolute atomic E-state index is 0.0444. The van der Waals surface area contributed by atoms with Crippen LogP contribution in [0.25, 0.3) is 0 Å². The summed E-state index contributed by atoms with van der Waals surface area (Å²) in [6, 6.07) is 11.7. The van der Waals surface area contributed by atoms with Crippen LogP contribution in [0.1, 0.15) is 34.2 Å². The fraction of sp³-hybridized carbons (Fsp3) is 0.263. The monoisotopic (exact) mass is 372 g/mol. The number of aromatic nitrogens is 1. The first-order chi connectivity index (χ1) is 12.2. The Balaban J connectivity index is 1.61. The molecule has 0 radical (unpaired) electrons. The van der Waals surface area contributed by atoms with Gasteiger partial charge in [-0.2, -0.15) is 0 Å². The topological polar surface area (TPSA) is 46.3 Å². The molecule has 0 fully saturated rings. The molecule has 0 bridgehead atoms. The van der Waals surface area contributed by atoms with Crippen molar-refractivity contribution in [2.45, 2.75) is 25.3 Å². The van der Waals surface area contributed by atoms with Crippen LogP contribution >= 0.6 is 22.9 Å². The van der Waals surface area contributed by atoms with E-state index in [1.54, 1.807) is 17.4 Å². The Morgan fingerprint density at radius 3 is 2.88 bits per heavy atom. The fourth-order valence-corrected chi connectivity index (χ4v) is 4.36. The first kappa shape index (κ1) is 16.4. The lowest BCUT2D eigenvalue weighted by molar-refractivity contribution is -0.133. The van der Waals surface area contributed by atoms with Crippen molar-refractivity contribution in [1.29, 1.82) is 0 Å². The molecule has 25 heavy (non-hydrogen) atoms. The maximum absolute atomic E-state index is 12.9. The highest BCUT2D eigenvalue weighted by Crippen LogP contribution is 2.38. The Bertz CT molecular complexity index is 858. The lowest BCUT2D eigenvalue weighted by atomic mass is 9.93. The van der Waals surface area contributed by atoms with Gasteiger partial charge in [-0.05, 0) is 41.1 Å². The van der Waals surface area contributed by atoms with Gasteiger partial charge in [0.1, 0.15) is 6.26 Å². The molecule has 0 spiro atoms. The number of nitrogens with zero attached hydrogens (tertiary/aromatic N) is 2. The molecule has 6 heteroatoms. The van der Waals surface area contributed by atoms with Crippen molar-refractivity contribution in [3.63, 3.8) is 0 Å². The van der Waals surface area contributed by atoms with E-state index < -0.39 is 0 Å². The summed E-state index contributed by atoms with van der Waals surface area (Å²) in [4.78, 5) is 16.3. The summed E-state index contributed by atoms with van der Waals surface area (Å²) in [5, 5.41) is 6.70. The van der Waals surface area contributed by atoms with Crippen molar-refractivity contribution in [3.05, 3.63) is 74.8 Å². The molecule has 128 valence electrons. The molecule has 0 N–H and O–H groups in total. The molecule has 1 aromatic carbocycles. The second kappa shape index (κ2) is 7.02. The summed E-state index contributed by atoms with van der Waals surface area (Å²) in [5.41, 5.74) is 3.14. The van der Waals surface area contributed by atoms with E-state index in [0.29, 0.717) is 17.9 Å². The standard InChI is InChI=1S/C19H17ClN2O2S/c20-14-3-1-13(2-4-14)19-16-9-12-25-17(16)7-10-22(19)18(23)6-5-15-8-11-24-21-15/h1-4,8-9,11-12,19H,5-7,10H2. The van der Waals surface area contributed by atoms with E-state index in [4.69, 9.17) is 16.1 Å². The van der Waals surface area contributed by atoms with Gasteiger partial charge in [-0.15, -0.1) is 11.3 Å². The first-order valence-electron chi connectivity index (χ1n) is 8.23. The summed E-state index contributed by atoms with van der Waals surface area (Å²) in [6.07, 6.45) is 3.47. The third-order valence-electron chi connectivity index (χ3n) is 4.56. The average Bonchev–Trinajstić information content (AvgIpc) is 3.31. The average molecular weight is 373 g/mol. The number of carbonyl (C=O) groups excluding carboxylic acids is 1. The normalized spacial score (nSPS) is 16.7. The Hall–Kier alpha value is -2.11. The number of hydrogen-bond donors (Lipinski definition) is 0. The van der Waals surface area contributed by atoms with E-state index in [9.17, 15) is 4.79 Å². The lowest BCUT2D eigenvalue weighted by Crippen LogP contribution is -2.40. The zero-order valence-corrected chi connectivity index (χ0v) is 15.1. The van der Waals surface area contributed by atoms with E-state index in [1.807, 2.05) is 29.2 Å². The Morgan fingerprint density at radius 2 is 2.12 bits per heavy atom. The highest BCUT2D eigenvalue weighted by molar-refractivity contribution is 7.10. The SMILES string of the molecule is O=C(CCc1ccon1)N1CCc2sccc2C1c1ccc(Cl)cc1. The van der Waals surface area contributed by atoms with Gasteiger partial charge in [0.05, 0.1) is 11.7 Å². The number of hydrogen-bond acceptors (Lipinski definition) is 4. The molecule has 3 aromatic rings. The second-order valence-electron chi connectivity index (χ2n) is 6.08. The van der Waals surface area contributed by atoms with Crippen LogP contribution in [0.4, 0.5) is 0 Å². The van der Waals surface area contributed by atoms with Crippen molar-refractivity contribution < 1.29 is 9.32 Å². The van der Waals surface area contributed by atoms with Crippen molar-refractivity contribution in [3.8, 4) is 0 Å². The molecule has 1 unspecified atom stereocenters. The number of fused-ring (bicyclic) bond motifs is 1. The molecule has 1 amide bonds. The highest BCUT2D eigenvalue weighted by atomic mass is 35.5. The Morgan fingerprint density at radius 1 is 1.28 bits per heavy atom. The van der Waals surface area contributed by atoms with Gasteiger partial charge in [-0.1, -0.05) is 28.9 Å². The quantitative estimate of drug-likeness (QED) is 0.677. The van der Waals surface area contributed by atoms with Gasteiger partial charge in [0.25, 0.3) is 0 Å². The van der Waals surface area contributed by atoms with Crippen LogP contribution in [0, 0.1) is 0 Å². The van der Waals surface area contributed by atoms with E-state index in [1.165, 1.54) is 16.7 Å². The van der Waals surface area contributed by atoms with Gasteiger partial charge >= 0.3 is 0 Å². The molecule has 3 heterocycles. The molecule has 2 aromatic heterocycles. The molecule has 1 aliphatic rings. The van der Waals surface area contributed by atoms with Crippen LogP contribution in [-0.4, -0.2) is 22.5 Å². The van der Waals surface area contributed by atoms with Gasteiger partial charge in [0, 0.05) is 35.4 Å². The molecule has 1 aliphatic heterocycles. The van der Waals surface area contributed by atoms with E-state index in [-0.39, 0.29) is 11.9 Å². The van der Waals surface area contributed by atoms with Crippen LogP contribution in [0.5, 0.6) is 0 Å². The van der Waals surface area contributed by atoms with E-state index in [0.717, 1.165) is 24.2 Å². The lowest BCUT2D eigenvalue weighted by Gasteiger charge is -2.36. The van der Waals surface area contributed by atoms with Crippen LogP contribution in [-0.2, 0) is 17.6 Å². The van der Waals surface area contributed by atoms with Gasteiger partial charge < -0.3 is 9.42 Å². The number of amides is 1. The maximum atomic E-state index is 12.9. The van der Waals surface area contributed by atoms with Gasteiger partial charge in [0.2, 0.25) is 5.91 Å². The third-order valence-corrected chi connectivity index (χ3v) is 5.81. The molecule has 4 rings (SSSR count). The minimum atomic E-state index is -0.0444. The van der Waals surface area contributed by atoms with Crippen molar-refractivity contribution in [2.75, 3.05) is 6.54 Å². The first-order valence-corrected chi connectivity index (χ1v) is 9.48. The summed E-state index contributed by atoms with van der Waals surface area (Å²) >= 11 is 7.81. The van der Waals surface area contributed by atoms with Gasteiger partial charge in [-0.3, -0.25) is 4.79 Å². The molecule has 4 nitrogen and oxygen atoms in total. The predicted octanol–water partition coefficient (Wildman–Crippen LogP) is 4.50. The molecular weight excluding hydrogens is 356 g/mol. The number of rotatable bonds is 4. The van der Waals surface area contributed by atoms with Crippen LogP contribution in [0.2, 0.25) is 5.02 Å². The van der Waals surface area contributed by atoms with Gasteiger partial charge in [0.15, 0.2) is 0 Å². The number of thiophene rings is 1. The predicted molar refractivity (Wildman–Crippen MR) is 97.9 cm³/mol. The van der Waals surface area contributed by atoms with Crippen LogP contribution < -0.4 is 0 Å². The van der Waals surface area contributed by atoms with E-state index in [2.05, 4.69) is 16.6 Å². The number of aryl methyl sites for hydroxylation is 1. The molecule has 1 atom stereocenters. The minimum Gasteiger partial charge on any atom is -0.365 e. The smallest absolute Gasteiger partial charge is 0.223 e. The molecular formula is C19H17ClN2O2S. The summed E-state index contributed by atoms with van der Waals surface area (Å²) in [7, 11) is 0. The van der Waals surface area contributed by atoms with E-state index >= 15 is 0 Å². The Labute approximate surface area is 155 Å². The highest BCUT2D eigenvalue weighted by Gasteiger charge is 2.32. The van der Waals surface area contributed by atoms with Gasteiger partial charge in [-0.25, -0.2) is 0 Å². The van der Waals surface area contributed by atoms with Crippen molar-refractivity contribution in [2.24, 2.45) is 0 Å². The maximum Gasteiger partial charge on any atom is 0.223 e. The summed E-state index contributed by atoms with van der Waals surface area (Å²) in [5.74, 6) is 0.139. The van der Waals surface area contributed by atoms with Crippen LogP contribution in [0.3, 0.4) is 0 Å². The number of carbonyl (C=O) groups is 1.